The molecule has 0 aromatic rings. The molecule has 5 heteroatoms. The fourth-order valence-corrected chi connectivity index (χ4v) is 3.35. The summed E-state index contributed by atoms with van der Waals surface area (Å²) in [4.78, 5) is 0. The molecule has 102 valence electrons. The number of halogens is 1. The van der Waals surface area contributed by atoms with Crippen LogP contribution in [0.1, 0.15) is 34.6 Å². The van der Waals surface area contributed by atoms with Gasteiger partial charge in [0.05, 0.1) is 18.3 Å². The molecular weight excluding hydrogens is 335 g/mol. The molecule has 0 spiro atoms. The molecule has 0 aliphatic carbocycles. The summed E-state index contributed by atoms with van der Waals surface area (Å²) in [5, 5.41) is 9.61. The predicted octanol–water partition coefficient (Wildman–Crippen LogP) is 2.53. The Labute approximate surface area is 118 Å². The van der Waals surface area contributed by atoms with E-state index in [4.69, 9.17) is 12.5 Å². The van der Waals surface area contributed by atoms with Gasteiger partial charge in [0.1, 0.15) is 23.0 Å². The van der Waals surface area contributed by atoms with Crippen molar-refractivity contribution in [3.05, 3.63) is 0 Å². The van der Waals surface area contributed by atoms with Gasteiger partial charge in [0.15, 0.2) is 0 Å². The quantitative estimate of drug-likeness (QED) is 0.788. The summed E-state index contributed by atoms with van der Waals surface area (Å²) in [6, 6.07) is 0. The van der Waals surface area contributed by atoms with Crippen molar-refractivity contribution in [3.63, 3.8) is 0 Å². The van der Waals surface area contributed by atoms with Crippen molar-refractivity contribution in [3.8, 4) is 0 Å². The molecule has 0 bridgehead atoms. The molecule has 1 unspecified atom stereocenters. The van der Waals surface area contributed by atoms with Gasteiger partial charge in [0.25, 0.3) is 0 Å². The number of methoxy groups -OCH3 is 1. The van der Waals surface area contributed by atoms with E-state index in [1.807, 2.05) is 20.8 Å². The molecule has 0 aromatic heterocycles. The molecule has 1 N–H and O–H groups in total. The van der Waals surface area contributed by atoms with Crippen molar-refractivity contribution in [2.24, 2.45) is 11.3 Å². The van der Waals surface area contributed by atoms with Gasteiger partial charge in [-0.3, -0.25) is 3.07 Å². The van der Waals surface area contributed by atoms with Crippen LogP contribution in [-0.2, 0) is 12.5 Å². The van der Waals surface area contributed by atoms with Crippen LogP contribution < -0.4 is 0 Å². The van der Waals surface area contributed by atoms with E-state index in [9.17, 15) is 5.11 Å². The minimum atomic E-state index is -0.957. The smallest absolute Gasteiger partial charge is 0.206 e. The van der Waals surface area contributed by atoms with Crippen LogP contribution in [0.15, 0.2) is 0 Å². The fraction of sp³-hybridized carbons (Fsp3) is 1.00. The minimum Gasteiger partial charge on any atom is -0.391 e. The molecule has 0 amide bonds. The summed E-state index contributed by atoms with van der Waals surface area (Å²) >= 11 is 1.80. The maximum Gasteiger partial charge on any atom is 0.206 e. The van der Waals surface area contributed by atoms with Crippen LogP contribution >= 0.6 is 23.0 Å². The third-order valence-electron chi connectivity index (χ3n) is 4.95. The lowest BCUT2D eigenvalue weighted by atomic mass is 9.61. The highest BCUT2D eigenvalue weighted by atomic mass is 127. The highest BCUT2D eigenvalue weighted by Crippen LogP contribution is 2.53. The second-order valence-electron chi connectivity index (χ2n) is 5.56. The zero-order valence-corrected chi connectivity index (χ0v) is 13.6. The molecule has 17 heavy (non-hydrogen) atoms. The van der Waals surface area contributed by atoms with E-state index in [1.54, 1.807) is 30.1 Å². The first-order chi connectivity index (χ1) is 7.71. The molecule has 1 heterocycles. The van der Waals surface area contributed by atoms with Crippen LogP contribution in [0.2, 0.25) is 0 Å². The maximum atomic E-state index is 9.61. The Bertz CT molecular complexity index is 278. The Morgan fingerprint density at radius 1 is 1.29 bits per heavy atom. The molecule has 4 nitrogen and oxygen atoms in total. The Morgan fingerprint density at radius 3 is 2.18 bits per heavy atom. The van der Waals surface area contributed by atoms with E-state index < -0.39 is 11.4 Å². The summed E-state index contributed by atoms with van der Waals surface area (Å²) in [6.07, 6.45) is -0.166. The van der Waals surface area contributed by atoms with E-state index in [-0.39, 0.29) is 24.0 Å². The van der Waals surface area contributed by atoms with Gasteiger partial charge >= 0.3 is 0 Å². The van der Waals surface area contributed by atoms with Crippen molar-refractivity contribution in [1.82, 2.24) is 0 Å². The third kappa shape index (κ3) is 2.04. The predicted molar refractivity (Wildman–Crippen MR) is 73.8 cm³/mol. The van der Waals surface area contributed by atoms with Gasteiger partial charge in [-0.15, -0.1) is 0 Å². The first-order valence-electron chi connectivity index (χ1n) is 5.85. The topological polar surface area (TPSA) is 47.9 Å². The van der Waals surface area contributed by atoms with Crippen molar-refractivity contribution >= 4 is 23.0 Å². The second kappa shape index (κ2) is 4.92. The van der Waals surface area contributed by atoms with Crippen molar-refractivity contribution in [2.75, 3.05) is 13.7 Å². The van der Waals surface area contributed by atoms with E-state index in [0.29, 0.717) is 0 Å². The van der Waals surface area contributed by atoms with Crippen LogP contribution in [0.5, 0.6) is 0 Å². The van der Waals surface area contributed by atoms with Gasteiger partial charge in [-0.2, -0.15) is 0 Å². The Balaban J connectivity index is 3.22. The van der Waals surface area contributed by atoms with E-state index in [0.717, 1.165) is 0 Å². The summed E-state index contributed by atoms with van der Waals surface area (Å²) in [5.41, 5.74) is -0.604. The number of aliphatic hydroxyl groups excluding tert-OH is 1. The molecule has 1 rings (SSSR count). The molecule has 1 aliphatic rings. The number of ether oxygens (including phenoxy) is 2. The standard InChI is InChI=1S/C12H23IO4/c1-8-10(3,4)11(5,15-6)9(2)16-12(8,7-14)17-13/h8-9,14H,7H2,1-6H3/t8-,9-,11+,12?/m0/s1. The summed E-state index contributed by atoms with van der Waals surface area (Å²) in [5.74, 6) is -0.959. The third-order valence-corrected chi connectivity index (χ3v) is 5.69. The molecule has 1 fully saturated rings. The lowest BCUT2D eigenvalue weighted by molar-refractivity contribution is -0.350. The number of hydrogen-bond acceptors (Lipinski definition) is 4. The molecular formula is C12H23IO4. The average molecular weight is 358 g/mol. The average Bonchev–Trinajstić information content (AvgIpc) is 2.32. The summed E-state index contributed by atoms with van der Waals surface area (Å²) < 4.78 is 17.0. The first-order valence-corrected chi connectivity index (χ1v) is 6.73. The minimum absolute atomic E-state index is 0.00181. The molecule has 0 aromatic carbocycles. The van der Waals surface area contributed by atoms with Crippen LogP contribution in [0.3, 0.4) is 0 Å². The van der Waals surface area contributed by atoms with Crippen LogP contribution in [0, 0.1) is 11.3 Å². The zero-order chi connectivity index (χ0) is 13.5. The Kier molecular flexibility index (Phi) is 4.52. The lowest BCUT2D eigenvalue weighted by Gasteiger charge is -2.59. The number of rotatable bonds is 3. The van der Waals surface area contributed by atoms with Gasteiger partial charge in [-0.05, 0) is 13.8 Å². The van der Waals surface area contributed by atoms with Gasteiger partial charge in [-0.1, -0.05) is 20.8 Å². The molecule has 1 aliphatic heterocycles. The van der Waals surface area contributed by atoms with Crippen LogP contribution in [-0.4, -0.2) is 36.3 Å². The molecule has 0 saturated carbocycles. The monoisotopic (exact) mass is 358 g/mol. The van der Waals surface area contributed by atoms with Crippen LogP contribution in [0.4, 0.5) is 0 Å². The summed E-state index contributed by atoms with van der Waals surface area (Å²) in [6.45, 7) is 10.1. The summed E-state index contributed by atoms with van der Waals surface area (Å²) in [7, 11) is 1.70. The fourth-order valence-electron chi connectivity index (χ4n) is 2.73. The van der Waals surface area contributed by atoms with E-state index in [2.05, 4.69) is 13.8 Å². The maximum absolute atomic E-state index is 9.61. The number of hydrogen-bond donors (Lipinski definition) is 1. The van der Waals surface area contributed by atoms with Crippen molar-refractivity contribution in [1.29, 1.82) is 0 Å². The van der Waals surface area contributed by atoms with Gasteiger partial charge in [-0.25, -0.2) is 0 Å². The number of aliphatic hydroxyl groups is 1. The van der Waals surface area contributed by atoms with Gasteiger partial charge in [0.2, 0.25) is 5.79 Å². The second-order valence-corrected chi connectivity index (χ2v) is 6.00. The van der Waals surface area contributed by atoms with E-state index in [1.165, 1.54) is 0 Å². The molecule has 4 atom stereocenters. The van der Waals surface area contributed by atoms with Gasteiger partial charge < -0.3 is 14.6 Å². The van der Waals surface area contributed by atoms with Crippen molar-refractivity contribution in [2.45, 2.75) is 52.1 Å². The zero-order valence-electron chi connectivity index (χ0n) is 11.4. The van der Waals surface area contributed by atoms with Gasteiger partial charge in [0, 0.05) is 18.4 Å². The van der Waals surface area contributed by atoms with E-state index >= 15 is 0 Å². The molecule has 0 radical (unpaired) electrons. The highest BCUT2D eigenvalue weighted by molar-refractivity contribution is 14.1. The SMILES string of the molecule is CO[C@]1(C)[C@H](C)OC(CO)(OI)[C@@H](C)C1(C)C. The normalized spacial score (nSPS) is 45.9. The highest BCUT2D eigenvalue weighted by Gasteiger charge is 2.62. The lowest BCUT2D eigenvalue weighted by Crippen LogP contribution is -2.68. The Hall–Kier alpha value is 0.570. The Morgan fingerprint density at radius 2 is 1.82 bits per heavy atom. The molecule has 1 saturated heterocycles. The first kappa shape index (κ1) is 15.6. The van der Waals surface area contributed by atoms with Crippen molar-refractivity contribution < 1.29 is 17.6 Å². The largest absolute Gasteiger partial charge is 0.391 e. The van der Waals surface area contributed by atoms with Crippen LogP contribution in [0.25, 0.3) is 0 Å².